The Morgan fingerprint density at radius 1 is 1.11 bits per heavy atom. The number of rotatable bonds is 9. The van der Waals surface area contributed by atoms with Crippen molar-refractivity contribution < 1.29 is 19.0 Å². The maximum Gasteiger partial charge on any atom is 0.257 e. The van der Waals surface area contributed by atoms with E-state index in [2.05, 4.69) is 28.2 Å². The normalized spacial score (nSPS) is 17.1. The van der Waals surface area contributed by atoms with Crippen LogP contribution in [-0.4, -0.2) is 48.8 Å². The van der Waals surface area contributed by atoms with Crippen LogP contribution < -0.4 is 19.5 Å². The van der Waals surface area contributed by atoms with Crippen molar-refractivity contribution in [3.8, 4) is 28.4 Å². The van der Waals surface area contributed by atoms with Gasteiger partial charge in [0.25, 0.3) is 5.91 Å². The summed E-state index contributed by atoms with van der Waals surface area (Å²) >= 11 is 0. The number of piperidine rings is 1. The van der Waals surface area contributed by atoms with E-state index >= 15 is 0 Å². The van der Waals surface area contributed by atoms with Gasteiger partial charge in [-0.25, -0.2) is 0 Å². The lowest BCUT2D eigenvalue weighted by Crippen LogP contribution is -2.34. The molecule has 2 aliphatic rings. The van der Waals surface area contributed by atoms with Crippen molar-refractivity contribution in [3.63, 3.8) is 0 Å². The summed E-state index contributed by atoms with van der Waals surface area (Å²) in [6, 6.07) is 18.0. The van der Waals surface area contributed by atoms with Crippen LogP contribution in [0.25, 0.3) is 11.1 Å². The van der Waals surface area contributed by atoms with Gasteiger partial charge < -0.3 is 19.5 Å². The van der Waals surface area contributed by atoms with Crippen molar-refractivity contribution in [1.82, 2.24) is 15.2 Å². The molecule has 1 unspecified atom stereocenters. The minimum atomic E-state index is -0.136. The highest BCUT2D eigenvalue weighted by atomic mass is 16.7. The summed E-state index contributed by atoms with van der Waals surface area (Å²) in [5.41, 5.74) is 4.18. The number of nitrogens with zero attached hydrogens (tertiary/aromatic N) is 2. The summed E-state index contributed by atoms with van der Waals surface area (Å²) in [4.78, 5) is 19.2. The van der Waals surface area contributed by atoms with Crippen molar-refractivity contribution in [3.05, 3.63) is 72.1 Å². The molecular weight excluding hydrogens is 454 g/mol. The third kappa shape index (κ3) is 6.15. The fourth-order valence-corrected chi connectivity index (χ4v) is 4.84. The number of benzene rings is 2. The van der Waals surface area contributed by atoms with Gasteiger partial charge in [-0.05, 0) is 72.8 Å². The second-order valence-electron chi connectivity index (χ2n) is 9.58. The molecule has 1 N–H and O–H groups in total. The molecule has 7 nitrogen and oxygen atoms in total. The van der Waals surface area contributed by atoms with Gasteiger partial charge in [0.05, 0.1) is 0 Å². The first-order chi connectivity index (χ1) is 17.6. The summed E-state index contributed by atoms with van der Waals surface area (Å²) in [6.45, 7) is 6.01. The molecule has 3 aromatic rings. The molecule has 0 radical (unpaired) electrons. The average Bonchev–Trinajstić information content (AvgIpc) is 3.37. The van der Waals surface area contributed by atoms with Gasteiger partial charge in [0, 0.05) is 43.5 Å². The molecule has 188 valence electrons. The molecule has 0 spiro atoms. The van der Waals surface area contributed by atoms with Gasteiger partial charge in [-0.15, -0.1) is 0 Å². The summed E-state index contributed by atoms with van der Waals surface area (Å²) in [5, 5.41) is 2.93. The first-order valence-electron chi connectivity index (χ1n) is 12.7. The summed E-state index contributed by atoms with van der Waals surface area (Å²) in [5.74, 6) is 2.84. The highest BCUT2D eigenvalue weighted by Crippen LogP contribution is 2.37. The van der Waals surface area contributed by atoms with Crippen LogP contribution in [0.2, 0.25) is 0 Å². The molecular formula is C29H33N3O4. The van der Waals surface area contributed by atoms with Crippen LogP contribution in [0.15, 0.2) is 60.8 Å². The molecule has 0 aliphatic carbocycles. The second-order valence-corrected chi connectivity index (χ2v) is 9.58. The number of aromatic nitrogens is 1. The highest BCUT2D eigenvalue weighted by molar-refractivity contribution is 5.77. The first kappa shape index (κ1) is 24.1. The zero-order valence-electron chi connectivity index (χ0n) is 20.7. The van der Waals surface area contributed by atoms with E-state index in [0.717, 1.165) is 59.3 Å². The summed E-state index contributed by atoms with van der Waals surface area (Å²) in [6.07, 6.45) is 4.93. The van der Waals surface area contributed by atoms with Crippen LogP contribution in [-0.2, 0) is 17.8 Å². The molecule has 0 saturated carbocycles. The van der Waals surface area contributed by atoms with Gasteiger partial charge in [0.2, 0.25) is 6.79 Å². The Bertz CT molecular complexity index is 1180. The number of carbonyl (C=O) groups excluding carboxylic acids is 1. The van der Waals surface area contributed by atoms with Crippen molar-refractivity contribution in [1.29, 1.82) is 0 Å². The smallest absolute Gasteiger partial charge is 0.257 e. The Labute approximate surface area is 212 Å². The number of nitrogens with one attached hydrogen (secondary N) is 1. The highest BCUT2D eigenvalue weighted by Gasteiger charge is 2.20. The van der Waals surface area contributed by atoms with E-state index in [0.29, 0.717) is 18.9 Å². The van der Waals surface area contributed by atoms with Gasteiger partial charge in [-0.3, -0.25) is 14.7 Å². The number of hydrogen-bond donors (Lipinski definition) is 1. The molecule has 2 aliphatic heterocycles. The standard InChI is InChI=1S/C29H33N3O4/c1-21-5-4-14-32(17-21)18-24-15-22(23-8-10-27-28(16-23)36-20-35-27)7-9-26(24)34-19-29(33)31-13-11-25-6-2-3-12-30-25/h2-3,6-10,12,15-16,21H,4-5,11,13-14,17-20H2,1H3,(H,31,33). The Balaban J connectivity index is 1.27. The number of carbonyl (C=O) groups is 1. The Hall–Kier alpha value is -3.58. The molecule has 36 heavy (non-hydrogen) atoms. The number of hydrogen-bond acceptors (Lipinski definition) is 6. The Morgan fingerprint density at radius 3 is 2.83 bits per heavy atom. The Kier molecular flexibility index (Phi) is 7.67. The van der Waals surface area contributed by atoms with Crippen LogP contribution >= 0.6 is 0 Å². The molecule has 1 saturated heterocycles. The minimum absolute atomic E-state index is 0.0189. The number of amides is 1. The molecule has 2 aromatic carbocycles. The van der Waals surface area contributed by atoms with Gasteiger partial charge in [0.1, 0.15) is 5.75 Å². The maximum atomic E-state index is 12.5. The predicted molar refractivity (Wildman–Crippen MR) is 138 cm³/mol. The molecule has 1 amide bonds. The number of likely N-dealkylation sites (tertiary alicyclic amines) is 1. The molecule has 7 heteroatoms. The average molecular weight is 488 g/mol. The largest absolute Gasteiger partial charge is 0.483 e. The minimum Gasteiger partial charge on any atom is -0.483 e. The monoisotopic (exact) mass is 487 g/mol. The molecule has 1 fully saturated rings. The van der Waals surface area contributed by atoms with Gasteiger partial charge in [0.15, 0.2) is 18.1 Å². The first-order valence-corrected chi connectivity index (χ1v) is 12.7. The van der Waals surface area contributed by atoms with Crippen LogP contribution in [0.4, 0.5) is 0 Å². The number of ether oxygens (including phenoxy) is 3. The van der Waals surface area contributed by atoms with E-state index in [9.17, 15) is 4.79 Å². The lowest BCUT2D eigenvalue weighted by molar-refractivity contribution is -0.123. The van der Waals surface area contributed by atoms with Crippen LogP contribution in [0.5, 0.6) is 17.2 Å². The number of fused-ring (bicyclic) bond motifs is 1. The zero-order valence-corrected chi connectivity index (χ0v) is 20.7. The van der Waals surface area contributed by atoms with Crippen LogP contribution in [0.1, 0.15) is 31.0 Å². The van der Waals surface area contributed by atoms with E-state index < -0.39 is 0 Å². The van der Waals surface area contributed by atoms with Crippen molar-refractivity contribution in [2.24, 2.45) is 5.92 Å². The fraction of sp³-hybridized carbons (Fsp3) is 0.379. The van der Waals surface area contributed by atoms with Gasteiger partial charge >= 0.3 is 0 Å². The summed E-state index contributed by atoms with van der Waals surface area (Å²) in [7, 11) is 0. The number of pyridine rings is 1. The summed E-state index contributed by atoms with van der Waals surface area (Å²) < 4.78 is 17.1. The van der Waals surface area contributed by atoms with Gasteiger partial charge in [-0.1, -0.05) is 25.1 Å². The topological polar surface area (TPSA) is 72.9 Å². The van der Waals surface area contributed by atoms with Gasteiger partial charge in [-0.2, -0.15) is 0 Å². The zero-order chi connectivity index (χ0) is 24.7. The fourth-order valence-electron chi connectivity index (χ4n) is 4.84. The SMILES string of the molecule is CC1CCCN(Cc2cc(-c3ccc4c(c3)OCO4)ccc2OCC(=O)NCCc2ccccn2)C1. The van der Waals surface area contributed by atoms with E-state index in [-0.39, 0.29) is 19.3 Å². The molecule has 0 bridgehead atoms. The van der Waals surface area contributed by atoms with Crippen molar-refractivity contribution >= 4 is 5.91 Å². The lowest BCUT2D eigenvalue weighted by Gasteiger charge is -2.31. The van der Waals surface area contributed by atoms with Crippen LogP contribution in [0.3, 0.4) is 0 Å². The lowest BCUT2D eigenvalue weighted by atomic mass is 9.98. The molecule has 3 heterocycles. The van der Waals surface area contributed by atoms with Crippen molar-refractivity contribution in [2.45, 2.75) is 32.7 Å². The Morgan fingerprint density at radius 2 is 1.97 bits per heavy atom. The quantitative estimate of drug-likeness (QED) is 0.481. The van der Waals surface area contributed by atoms with E-state index in [1.807, 2.05) is 48.5 Å². The maximum absolute atomic E-state index is 12.5. The van der Waals surface area contributed by atoms with Crippen LogP contribution in [0, 0.1) is 5.92 Å². The van der Waals surface area contributed by atoms with E-state index in [1.54, 1.807) is 6.20 Å². The third-order valence-electron chi connectivity index (χ3n) is 6.69. The molecule has 5 rings (SSSR count). The third-order valence-corrected chi connectivity index (χ3v) is 6.69. The molecule has 1 aromatic heterocycles. The van der Waals surface area contributed by atoms with E-state index in [1.165, 1.54) is 12.8 Å². The molecule has 1 atom stereocenters. The van der Waals surface area contributed by atoms with E-state index in [4.69, 9.17) is 14.2 Å². The second kappa shape index (κ2) is 11.4. The predicted octanol–water partition coefficient (Wildman–Crippen LogP) is 4.45. The van der Waals surface area contributed by atoms with Crippen molar-refractivity contribution in [2.75, 3.05) is 33.0 Å².